The summed E-state index contributed by atoms with van der Waals surface area (Å²) in [6.07, 6.45) is 4.35. The second-order valence-electron chi connectivity index (χ2n) is 4.56. The lowest BCUT2D eigenvalue weighted by Crippen LogP contribution is -2.43. The van der Waals surface area contributed by atoms with Crippen molar-refractivity contribution in [3.8, 4) is 0 Å². The number of alkyl halides is 2. The van der Waals surface area contributed by atoms with Crippen molar-refractivity contribution in [2.75, 3.05) is 11.8 Å². The van der Waals surface area contributed by atoms with Gasteiger partial charge < -0.3 is 10.6 Å². The maximum Gasteiger partial charge on any atom is 0.221 e. The molecule has 0 aromatic heterocycles. The Kier molecular flexibility index (Phi) is 7.44. The van der Waals surface area contributed by atoms with Crippen molar-refractivity contribution in [3.05, 3.63) is 0 Å². The van der Waals surface area contributed by atoms with Gasteiger partial charge in [0.25, 0.3) is 0 Å². The van der Waals surface area contributed by atoms with E-state index >= 15 is 0 Å². The molecule has 0 radical (unpaired) electrons. The minimum absolute atomic E-state index is 0.0135. The molecule has 6 heteroatoms. The molecule has 0 atom stereocenters. The van der Waals surface area contributed by atoms with Crippen LogP contribution in [0.25, 0.3) is 0 Å². The van der Waals surface area contributed by atoms with Gasteiger partial charge in [0.2, 0.25) is 11.8 Å². The van der Waals surface area contributed by atoms with Crippen LogP contribution in [0.2, 0.25) is 0 Å². The van der Waals surface area contributed by atoms with E-state index in [1.54, 1.807) is 0 Å². The topological polar surface area (TPSA) is 58.2 Å². The van der Waals surface area contributed by atoms with Gasteiger partial charge in [0.1, 0.15) is 0 Å². The molecular weight excluding hydrogens is 275 g/mol. The average Bonchev–Trinajstić information content (AvgIpc) is 2.32. The fraction of sp³-hybridized carbons (Fsp3) is 0.833. The molecule has 1 aliphatic rings. The van der Waals surface area contributed by atoms with Crippen molar-refractivity contribution in [1.82, 2.24) is 10.6 Å². The fourth-order valence-electron chi connectivity index (χ4n) is 2.15. The van der Waals surface area contributed by atoms with E-state index < -0.39 is 0 Å². The molecule has 0 saturated heterocycles. The third-order valence-corrected chi connectivity index (χ3v) is 3.48. The molecule has 0 spiro atoms. The van der Waals surface area contributed by atoms with Gasteiger partial charge in [0.15, 0.2) is 0 Å². The van der Waals surface area contributed by atoms with Crippen molar-refractivity contribution >= 4 is 35.0 Å². The molecule has 1 saturated carbocycles. The van der Waals surface area contributed by atoms with Crippen molar-refractivity contribution in [1.29, 1.82) is 0 Å². The quantitative estimate of drug-likeness (QED) is 0.734. The minimum Gasteiger partial charge on any atom is -0.353 e. The summed E-state index contributed by atoms with van der Waals surface area (Å²) < 4.78 is 0. The molecule has 104 valence electrons. The number of hydrogen-bond donors (Lipinski definition) is 2. The number of nitrogens with one attached hydrogen (secondary N) is 2. The molecule has 0 heterocycles. The van der Waals surface area contributed by atoms with E-state index in [9.17, 15) is 9.59 Å². The highest BCUT2D eigenvalue weighted by molar-refractivity contribution is 6.19. The molecule has 2 amide bonds. The maximum absolute atomic E-state index is 11.4. The molecule has 0 aromatic rings. The van der Waals surface area contributed by atoms with Crippen LogP contribution in [-0.2, 0) is 9.59 Å². The van der Waals surface area contributed by atoms with E-state index in [1.807, 2.05) is 0 Å². The lowest BCUT2D eigenvalue weighted by molar-refractivity contribution is -0.123. The number of halogens is 2. The lowest BCUT2D eigenvalue weighted by Gasteiger charge is -2.29. The third-order valence-electron chi connectivity index (χ3n) is 3.10. The van der Waals surface area contributed by atoms with Gasteiger partial charge in [-0.15, -0.1) is 23.2 Å². The van der Waals surface area contributed by atoms with Gasteiger partial charge in [-0.1, -0.05) is 0 Å². The molecule has 0 bridgehead atoms. The van der Waals surface area contributed by atoms with Crippen LogP contribution >= 0.6 is 23.2 Å². The van der Waals surface area contributed by atoms with Crippen molar-refractivity contribution in [2.24, 2.45) is 0 Å². The van der Waals surface area contributed by atoms with Crippen LogP contribution in [0.3, 0.4) is 0 Å². The van der Waals surface area contributed by atoms with Crippen LogP contribution in [0.1, 0.15) is 38.5 Å². The van der Waals surface area contributed by atoms with Gasteiger partial charge >= 0.3 is 0 Å². The van der Waals surface area contributed by atoms with Crippen LogP contribution in [0.4, 0.5) is 0 Å². The summed E-state index contributed by atoms with van der Waals surface area (Å²) in [7, 11) is 0. The lowest BCUT2D eigenvalue weighted by atomic mass is 9.91. The predicted octanol–water partition coefficient (Wildman–Crippen LogP) is 1.79. The minimum atomic E-state index is 0.0135. The first kappa shape index (κ1) is 15.6. The molecule has 18 heavy (non-hydrogen) atoms. The Morgan fingerprint density at radius 3 is 1.44 bits per heavy atom. The van der Waals surface area contributed by atoms with Crippen LogP contribution in [0.15, 0.2) is 0 Å². The van der Waals surface area contributed by atoms with Gasteiger partial charge in [-0.25, -0.2) is 0 Å². The van der Waals surface area contributed by atoms with E-state index in [-0.39, 0.29) is 23.9 Å². The van der Waals surface area contributed by atoms with E-state index in [2.05, 4.69) is 10.6 Å². The highest BCUT2D eigenvalue weighted by Gasteiger charge is 2.23. The van der Waals surface area contributed by atoms with Crippen molar-refractivity contribution < 1.29 is 9.59 Å². The van der Waals surface area contributed by atoms with Crippen LogP contribution in [0, 0.1) is 0 Å². The number of hydrogen-bond acceptors (Lipinski definition) is 2. The first-order valence-corrected chi connectivity index (χ1v) is 7.43. The predicted molar refractivity (Wildman–Crippen MR) is 73.0 cm³/mol. The van der Waals surface area contributed by atoms with Crippen LogP contribution in [0.5, 0.6) is 0 Å². The zero-order valence-corrected chi connectivity index (χ0v) is 11.9. The van der Waals surface area contributed by atoms with E-state index in [4.69, 9.17) is 23.2 Å². The molecule has 1 fully saturated rings. The number of amides is 2. The summed E-state index contributed by atoms with van der Waals surface area (Å²) in [4.78, 5) is 22.8. The first-order valence-electron chi connectivity index (χ1n) is 6.36. The van der Waals surface area contributed by atoms with Gasteiger partial charge in [-0.05, 0) is 25.7 Å². The Balaban J connectivity index is 2.20. The van der Waals surface area contributed by atoms with E-state index in [0.717, 1.165) is 25.7 Å². The zero-order valence-electron chi connectivity index (χ0n) is 10.4. The zero-order chi connectivity index (χ0) is 13.4. The first-order chi connectivity index (χ1) is 8.65. The SMILES string of the molecule is O=C(CCCl)NC1CCC(NC(=O)CCCl)CC1. The molecular formula is C12H20Cl2N2O2. The van der Waals surface area contributed by atoms with Crippen LogP contribution < -0.4 is 10.6 Å². The normalized spacial score (nSPS) is 23.4. The highest BCUT2D eigenvalue weighted by atomic mass is 35.5. The molecule has 1 rings (SSSR count). The molecule has 0 aromatic carbocycles. The highest BCUT2D eigenvalue weighted by Crippen LogP contribution is 2.18. The molecule has 4 nitrogen and oxygen atoms in total. The maximum atomic E-state index is 11.4. The van der Waals surface area contributed by atoms with Gasteiger partial charge in [-0.2, -0.15) is 0 Å². The molecule has 0 aliphatic heterocycles. The number of carbonyl (C=O) groups excluding carboxylic acids is 2. The Morgan fingerprint density at radius 2 is 1.17 bits per heavy atom. The Bertz CT molecular complexity index is 251. The smallest absolute Gasteiger partial charge is 0.221 e. The van der Waals surface area contributed by atoms with Crippen molar-refractivity contribution in [3.63, 3.8) is 0 Å². The second-order valence-corrected chi connectivity index (χ2v) is 5.32. The number of rotatable bonds is 6. The Hall–Kier alpha value is -0.480. The summed E-state index contributed by atoms with van der Waals surface area (Å²) >= 11 is 11.0. The summed E-state index contributed by atoms with van der Waals surface area (Å²) in [5.74, 6) is 0.741. The molecule has 0 unspecified atom stereocenters. The standard InChI is InChI=1S/C12H20Cl2N2O2/c13-7-5-11(17)15-9-1-2-10(4-3-9)16-12(18)6-8-14/h9-10H,1-8H2,(H,15,17)(H,16,18). The fourth-order valence-corrected chi connectivity index (χ4v) is 2.50. The van der Waals surface area contributed by atoms with Crippen molar-refractivity contribution in [2.45, 2.75) is 50.6 Å². The van der Waals surface area contributed by atoms with Crippen LogP contribution in [-0.4, -0.2) is 35.7 Å². The average molecular weight is 295 g/mol. The summed E-state index contributed by atoms with van der Waals surface area (Å²) in [5.41, 5.74) is 0. The largest absolute Gasteiger partial charge is 0.353 e. The molecule has 1 aliphatic carbocycles. The van der Waals surface area contributed by atoms with Gasteiger partial charge in [0, 0.05) is 36.7 Å². The van der Waals surface area contributed by atoms with Gasteiger partial charge in [-0.3, -0.25) is 9.59 Å². The second kappa shape index (κ2) is 8.59. The Morgan fingerprint density at radius 1 is 0.833 bits per heavy atom. The third kappa shape index (κ3) is 5.91. The summed E-state index contributed by atoms with van der Waals surface area (Å²) in [6, 6.07) is 0.448. The summed E-state index contributed by atoms with van der Waals surface area (Å²) in [6.45, 7) is 0. The van der Waals surface area contributed by atoms with E-state index in [0.29, 0.717) is 24.6 Å². The monoisotopic (exact) mass is 294 g/mol. The molecule has 2 N–H and O–H groups in total. The summed E-state index contributed by atoms with van der Waals surface area (Å²) in [5, 5.41) is 5.92. The van der Waals surface area contributed by atoms with E-state index in [1.165, 1.54) is 0 Å². The van der Waals surface area contributed by atoms with Gasteiger partial charge in [0.05, 0.1) is 0 Å². The Labute approximate surface area is 118 Å². The number of carbonyl (C=O) groups is 2.